The first-order chi connectivity index (χ1) is 6.76. The predicted molar refractivity (Wildman–Crippen MR) is 55.9 cm³/mol. The summed E-state index contributed by atoms with van der Waals surface area (Å²) in [6.45, 7) is 4.92. The lowest BCUT2D eigenvalue weighted by Crippen LogP contribution is -2.48. The molecule has 1 saturated heterocycles. The molecule has 0 amide bonds. The maximum Gasteiger partial charge on any atom is 0.0936 e. The Bertz CT molecular complexity index is 200. The summed E-state index contributed by atoms with van der Waals surface area (Å²) in [6, 6.07) is 0. The summed E-state index contributed by atoms with van der Waals surface area (Å²) in [5, 5.41) is 9.01. The van der Waals surface area contributed by atoms with Gasteiger partial charge >= 0.3 is 0 Å². The highest BCUT2D eigenvalue weighted by molar-refractivity contribution is 4.84. The SMILES string of the molecule is C#CCCCN1CC(C)OC(CO)C1. The van der Waals surface area contributed by atoms with Gasteiger partial charge in [-0.25, -0.2) is 0 Å². The summed E-state index contributed by atoms with van der Waals surface area (Å²) in [5.74, 6) is 2.64. The second kappa shape index (κ2) is 6.02. The van der Waals surface area contributed by atoms with Crippen LogP contribution in [0.25, 0.3) is 0 Å². The number of morpholine rings is 1. The summed E-state index contributed by atoms with van der Waals surface area (Å²) in [7, 11) is 0. The van der Waals surface area contributed by atoms with E-state index in [-0.39, 0.29) is 18.8 Å². The smallest absolute Gasteiger partial charge is 0.0936 e. The topological polar surface area (TPSA) is 32.7 Å². The Balaban J connectivity index is 2.27. The molecular formula is C11H19NO2. The zero-order chi connectivity index (χ0) is 10.4. The minimum absolute atomic E-state index is 0.0235. The Morgan fingerprint density at radius 2 is 2.36 bits per heavy atom. The van der Waals surface area contributed by atoms with Crippen LogP contribution in [0.5, 0.6) is 0 Å². The molecule has 3 heteroatoms. The standard InChI is InChI=1S/C11H19NO2/c1-3-4-5-6-12-7-10(2)14-11(8-12)9-13/h1,10-11,13H,4-9H2,2H3. The Morgan fingerprint density at radius 1 is 1.57 bits per heavy atom. The van der Waals surface area contributed by atoms with E-state index < -0.39 is 0 Å². The molecular weight excluding hydrogens is 178 g/mol. The van der Waals surface area contributed by atoms with Crippen molar-refractivity contribution in [3.8, 4) is 12.3 Å². The fourth-order valence-corrected chi connectivity index (χ4v) is 1.83. The van der Waals surface area contributed by atoms with Crippen LogP contribution in [-0.4, -0.2) is 48.5 Å². The van der Waals surface area contributed by atoms with Gasteiger partial charge in [0.25, 0.3) is 0 Å². The van der Waals surface area contributed by atoms with Crippen molar-refractivity contribution in [1.29, 1.82) is 0 Å². The number of aliphatic hydroxyl groups is 1. The Kier molecular flexibility index (Phi) is 4.95. The number of hydrogen-bond acceptors (Lipinski definition) is 3. The van der Waals surface area contributed by atoms with Gasteiger partial charge in [-0.05, 0) is 19.9 Å². The van der Waals surface area contributed by atoms with Crippen molar-refractivity contribution in [3.05, 3.63) is 0 Å². The van der Waals surface area contributed by atoms with Crippen molar-refractivity contribution in [2.75, 3.05) is 26.2 Å². The van der Waals surface area contributed by atoms with E-state index >= 15 is 0 Å². The van der Waals surface area contributed by atoms with E-state index in [9.17, 15) is 0 Å². The third-order valence-corrected chi connectivity index (χ3v) is 2.40. The van der Waals surface area contributed by atoms with Gasteiger partial charge in [-0.3, -0.25) is 4.90 Å². The molecule has 2 unspecified atom stereocenters. The molecule has 1 rings (SSSR count). The van der Waals surface area contributed by atoms with Gasteiger partial charge in [-0.15, -0.1) is 12.3 Å². The van der Waals surface area contributed by atoms with E-state index in [2.05, 4.69) is 10.8 Å². The number of hydrogen-bond donors (Lipinski definition) is 1. The minimum atomic E-state index is -0.0235. The van der Waals surface area contributed by atoms with E-state index in [4.69, 9.17) is 16.3 Å². The average molecular weight is 197 g/mol. The number of terminal acetylenes is 1. The van der Waals surface area contributed by atoms with Crippen molar-refractivity contribution in [1.82, 2.24) is 4.90 Å². The lowest BCUT2D eigenvalue weighted by atomic mass is 10.2. The van der Waals surface area contributed by atoms with E-state index in [0.29, 0.717) is 0 Å². The third kappa shape index (κ3) is 3.67. The lowest BCUT2D eigenvalue weighted by Gasteiger charge is -2.35. The fraction of sp³-hybridized carbons (Fsp3) is 0.818. The molecule has 0 spiro atoms. The number of unbranched alkanes of at least 4 members (excludes halogenated alkanes) is 1. The van der Waals surface area contributed by atoms with Gasteiger partial charge in [0.1, 0.15) is 0 Å². The second-order valence-corrected chi connectivity index (χ2v) is 3.82. The van der Waals surface area contributed by atoms with Gasteiger partial charge < -0.3 is 9.84 Å². The van der Waals surface area contributed by atoms with Crippen LogP contribution >= 0.6 is 0 Å². The van der Waals surface area contributed by atoms with Crippen LogP contribution in [-0.2, 0) is 4.74 Å². The van der Waals surface area contributed by atoms with E-state index in [1.54, 1.807) is 0 Å². The van der Waals surface area contributed by atoms with Crippen molar-refractivity contribution in [2.24, 2.45) is 0 Å². The molecule has 0 aromatic heterocycles. The van der Waals surface area contributed by atoms with Gasteiger partial charge in [0.05, 0.1) is 18.8 Å². The molecule has 0 aromatic carbocycles. The van der Waals surface area contributed by atoms with Crippen molar-refractivity contribution in [2.45, 2.75) is 32.0 Å². The van der Waals surface area contributed by atoms with Crippen LogP contribution < -0.4 is 0 Å². The van der Waals surface area contributed by atoms with E-state index in [1.165, 1.54) is 0 Å². The van der Waals surface area contributed by atoms with Gasteiger partial charge in [-0.1, -0.05) is 0 Å². The maximum absolute atomic E-state index is 9.01. The molecule has 0 bridgehead atoms. The highest BCUT2D eigenvalue weighted by Gasteiger charge is 2.23. The van der Waals surface area contributed by atoms with Gasteiger partial charge in [0.2, 0.25) is 0 Å². The first kappa shape index (κ1) is 11.5. The van der Waals surface area contributed by atoms with Crippen molar-refractivity contribution in [3.63, 3.8) is 0 Å². The first-order valence-electron chi connectivity index (χ1n) is 5.18. The number of aliphatic hydroxyl groups excluding tert-OH is 1. The molecule has 0 radical (unpaired) electrons. The molecule has 0 aliphatic carbocycles. The molecule has 1 aliphatic heterocycles. The summed E-state index contributed by atoms with van der Waals surface area (Å²) in [5.41, 5.74) is 0. The number of rotatable bonds is 4. The summed E-state index contributed by atoms with van der Waals surface area (Å²) >= 11 is 0. The predicted octanol–water partition coefficient (Wildman–Crippen LogP) is 0.481. The average Bonchev–Trinajstić information content (AvgIpc) is 2.17. The molecule has 14 heavy (non-hydrogen) atoms. The molecule has 1 fully saturated rings. The Morgan fingerprint density at radius 3 is 3.00 bits per heavy atom. The zero-order valence-corrected chi connectivity index (χ0v) is 8.78. The highest BCUT2D eigenvalue weighted by atomic mass is 16.5. The zero-order valence-electron chi connectivity index (χ0n) is 8.78. The summed E-state index contributed by atoms with van der Waals surface area (Å²) in [6.07, 6.45) is 7.24. The summed E-state index contributed by atoms with van der Waals surface area (Å²) < 4.78 is 5.54. The monoisotopic (exact) mass is 197 g/mol. The van der Waals surface area contributed by atoms with Crippen LogP contribution in [0.3, 0.4) is 0 Å². The summed E-state index contributed by atoms with van der Waals surface area (Å²) in [4.78, 5) is 2.31. The van der Waals surface area contributed by atoms with Crippen molar-refractivity contribution < 1.29 is 9.84 Å². The van der Waals surface area contributed by atoms with Crippen LogP contribution in [0.4, 0.5) is 0 Å². The fourth-order valence-electron chi connectivity index (χ4n) is 1.83. The van der Waals surface area contributed by atoms with Crippen LogP contribution in [0.1, 0.15) is 19.8 Å². The van der Waals surface area contributed by atoms with Crippen LogP contribution in [0, 0.1) is 12.3 Å². The molecule has 1 heterocycles. The molecule has 80 valence electrons. The molecule has 0 saturated carbocycles. The maximum atomic E-state index is 9.01. The molecule has 1 aliphatic rings. The molecule has 2 atom stereocenters. The molecule has 3 nitrogen and oxygen atoms in total. The van der Waals surface area contributed by atoms with Crippen LogP contribution in [0.15, 0.2) is 0 Å². The second-order valence-electron chi connectivity index (χ2n) is 3.82. The third-order valence-electron chi connectivity index (χ3n) is 2.40. The normalized spacial score (nSPS) is 28.6. The van der Waals surface area contributed by atoms with Crippen molar-refractivity contribution >= 4 is 0 Å². The lowest BCUT2D eigenvalue weighted by molar-refractivity contribution is -0.0950. The Labute approximate surface area is 86.0 Å². The highest BCUT2D eigenvalue weighted by Crippen LogP contribution is 2.11. The first-order valence-corrected chi connectivity index (χ1v) is 5.18. The Hall–Kier alpha value is -0.560. The van der Waals surface area contributed by atoms with Gasteiger partial charge in [0.15, 0.2) is 0 Å². The van der Waals surface area contributed by atoms with Crippen LogP contribution in [0.2, 0.25) is 0 Å². The molecule has 0 aromatic rings. The van der Waals surface area contributed by atoms with Gasteiger partial charge in [0, 0.05) is 19.5 Å². The van der Waals surface area contributed by atoms with E-state index in [1.807, 2.05) is 6.92 Å². The molecule has 1 N–H and O–H groups in total. The largest absolute Gasteiger partial charge is 0.394 e. The number of nitrogens with zero attached hydrogens (tertiary/aromatic N) is 1. The quantitative estimate of drug-likeness (QED) is 0.525. The minimum Gasteiger partial charge on any atom is -0.394 e. The van der Waals surface area contributed by atoms with E-state index in [0.717, 1.165) is 32.5 Å². The number of ether oxygens (including phenoxy) is 1. The van der Waals surface area contributed by atoms with Gasteiger partial charge in [-0.2, -0.15) is 0 Å².